The molecule has 76 valence electrons. The van der Waals surface area contributed by atoms with Crippen LogP contribution in [0, 0.1) is 0 Å². The summed E-state index contributed by atoms with van der Waals surface area (Å²) in [7, 11) is 0. The molecule has 1 aliphatic rings. The van der Waals surface area contributed by atoms with Gasteiger partial charge in [-0.05, 0) is 0 Å². The molecule has 0 bridgehead atoms. The first kappa shape index (κ1) is 8.79. The number of nitrogens with two attached hydrogens (primary N) is 1. The van der Waals surface area contributed by atoms with E-state index in [0.29, 0.717) is 25.0 Å². The Kier molecular flexibility index (Phi) is 2.21. The Morgan fingerprint density at radius 1 is 1.36 bits per heavy atom. The Balaban J connectivity index is 1.98. The fraction of sp³-hybridized carbons (Fsp3) is 0.571. The normalized spacial score (nSPS) is 17.1. The smallest absolute Gasteiger partial charge is 0.246 e. The van der Waals surface area contributed by atoms with Crippen molar-refractivity contribution in [3.63, 3.8) is 0 Å². The summed E-state index contributed by atoms with van der Waals surface area (Å²) < 4.78 is 0. The highest BCUT2D eigenvalue weighted by Crippen LogP contribution is 2.10. The van der Waals surface area contributed by atoms with Crippen LogP contribution in [-0.4, -0.2) is 52.7 Å². The fourth-order valence-corrected chi connectivity index (χ4v) is 1.43. The number of anilines is 2. The van der Waals surface area contributed by atoms with Gasteiger partial charge in [-0.2, -0.15) is 4.98 Å². The molecule has 3 N–H and O–H groups in total. The van der Waals surface area contributed by atoms with Crippen LogP contribution in [0.1, 0.15) is 0 Å². The third-order valence-corrected chi connectivity index (χ3v) is 2.24. The fourth-order valence-electron chi connectivity index (χ4n) is 1.43. The zero-order valence-electron chi connectivity index (χ0n) is 7.68. The highest BCUT2D eigenvalue weighted by atomic mass is 16.1. The van der Waals surface area contributed by atoms with Gasteiger partial charge in [0.25, 0.3) is 0 Å². The first-order chi connectivity index (χ1) is 6.79. The molecule has 0 aromatic carbocycles. The van der Waals surface area contributed by atoms with E-state index in [2.05, 4.69) is 15.2 Å². The number of hydrogen-bond acceptors (Lipinski definition) is 5. The molecule has 14 heavy (non-hydrogen) atoms. The molecule has 0 saturated carbocycles. The van der Waals surface area contributed by atoms with Crippen molar-refractivity contribution in [3.05, 3.63) is 0 Å². The van der Waals surface area contributed by atoms with Gasteiger partial charge in [0.1, 0.15) is 0 Å². The molecule has 7 heteroatoms. The average Bonchev–Trinajstić information content (AvgIpc) is 2.65. The van der Waals surface area contributed by atoms with E-state index in [0.717, 1.165) is 19.5 Å². The zero-order chi connectivity index (χ0) is 9.97. The Bertz CT molecular complexity index is 316. The largest absolute Gasteiger partial charge is 0.368 e. The van der Waals surface area contributed by atoms with Crippen LogP contribution >= 0.6 is 0 Å². The molecule has 7 nitrogen and oxygen atoms in total. The minimum absolute atomic E-state index is 0.317. The van der Waals surface area contributed by atoms with Crippen molar-refractivity contribution in [1.82, 2.24) is 20.1 Å². The number of carbonyl (C=O) groups is 1. The van der Waals surface area contributed by atoms with Crippen molar-refractivity contribution in [2.24, 2.45) is 0 Å². The maximum Gasteiger partial charge on any atom is 0.246 e. The molecule has 0 aliphatic carbocycles. The summed E-state index contributed by atoms with van der Waals surface area (Å²) in [4.78, 5) is 18.2. The number of nitrogens with zero attached hydrogens (tertiary/aromatic N) is 4. The number of amides is 1. The van der Waals surface area contributed by atoms with Crippen LogP contribution in [0.25, 0.3) is 0 Å². The molecule has 0 radical (unpaired) electrons. The van der Waals surface area contributed by atoms with E-state index in [1.807, 2.05) is 4.90 Å². The van der Waals surface area contributed by atoms with E-state index in [-0.39, 0.29) is 0 Å². The van der Waals surface area contributed by atoms with Crippen molar-refractivity contribution in [2.75, 3.05) is 36.8 Å². The predicted molar refractivity (Wildman–Crippen MR) is 50.6 cm³/mol. The molecule has 1 amide bonds. The van der Waals surface area contributed by atoms with E-state index in [9.17, 15) is 4.79 Å². The third kappa shape index (κ3) is 1.61. The molecule has 1 saturated heterocycles. The number of nitrogen functional groups attached to an aromatic ring is 1. The highest BCUT2D eigenvalue weighted by molar-refractivity contribution is 5.48. The minimum atomic E-state index is 0.317. The molecule has 2 heterocycles. The van der Waals surface area contributed by atoms with Gasteiger partial charge >= 0.3 is 0 Å². The number of piperazine rings is 1. The van der Waals surface area contributed by atoms with Crippen molar-refractivity contribution in [2.45, 2.75) is 0 Å². The topological polar surface area (TPSA) is 91.1 Å². The van der Waals surface area contributed by atoms with E-state index in [1.165, 1.54) is 0 Å². The third-order valence-electron chi connectivity index (χ3n) is 2.24. The Morgan fingerprint density at radius 3 is 2.57 bits per heavy atom. The molecular formula is C7H12N6O. The first-order valence-electron chi connectivity index (χ1n) is 4.42. The molecule has 1 aliphatic heterocycles. The van der Waals surface area contributed by atoms with Crippen LogP contribution in [0.5, 0.6) is 0 Å². The second kappa shape index (κ2) is 3.52. The summed E-state index contributed by atoms with van der Waals surface area (Å²) in [5, 5.41) is 6.53. The van der Waals surface area contributed by atoms with Crippen LogP contribution in [0.2, 0.25) is 0 Å². The van der Waals surface area contributed by atoms with Crippen LogP contribution in [0.15, 0.2) is 0 Å². The summed E-state index contributed by atoms with van der Waals surface area (Å²) in [5.74, 6) is 0.922. The summed E-state index contributed by atoms with van der Waals surface area (Å²) in [6, 6.07) is 0. The number of nitrogens with one attached hydrogen (secondary N) is 1. The van der Waals surface area contributed by atoms with Crippen LogP contribution in [0.4, 0.5) is 11.9 Å². The maximum absolute atomic E-state index is 10.5. The minimum Gasteiger partial charge on any atom is -0.368 e. The van der Waals surface area contributed by atoms with E-state index < -0.39 is 0 Å². The van der Waals surface area contributed by atoms with Gasteiger partial charge in [-0.1, -0.05) is 0 Å². The van der Waals surface area contributed by atoms with E-state index in [4.69, 9.17) is 5.73 Å². The van der Waals surface area contributed by atoms with Crippen molar-refractivity contribution < 1.29 is 4.79 Å². The number of hydrogen-bond donors (Lipinski definition) is 2. The first-order valence-corrected chi connectivity index (χ1v) is 4.42. The lowest BCUT2D eigenvalue weighted by atomic mass is 10.3. The number of carbonyl (C=O) groups excluding carboxylic acids is 1. The van der Waals surface area contributed by atoms with Crippen LogP contribution in [-0.2, 0) is 4.79 Å². The van der Waals surface area contributed by atoms with Gasteiger partial charge in [-0.25, -0.2) is 5.10 Å². The molecule has 2 rings (SSSR count). The van der Waals surface area contributed by atoms with Crippen LogP contribution in [0.3, 0.4) is 0 Å². The van der Waals surface area contributed by atoms with Gasteiger partial charge in [0.2, 0.25) is 18.3 Å². The molecule has 1 aromatic rings. The quantitative estimate of drug-likeness (QED) is 0.571. The zero-order valence-corrected chi connectivity index (χ0v) is 7.68. The SMILES string of the molecule is Nc1nc(N2CCN(C=O)CC2)n[nH]1. The van der Waals surface area contributed by atoms with Gasteiger partial charge in [0, 0.05) is 26.2 Å². The second-order valence-electron chi connectivity index (χ2n) is 3.15. The molecule has 1 aromatic heterocycles. The number of aromatic amines is 1. The lowest BCUT2D eigenvalue weighted by Crippen LogP contribution is -2.46. The Hall–Kier alpha value is -1.79. The van der Waals surface area contributed by atoms with Crippen molar-refractivity contribution in [1.29, 1.82) is 0 Å². The molecule has 1 fully saturated rings. The highest BCUT2D eigenvalue weighted by Gasteiger charge is 2.18. The van der Waals surface area contributed by atoms with Gasteiger partial charge in [0.15, 0.2) is 0 Å². The number of rotatable bonds is 2. The summed E-state index contributed by atoms with van der Waals surface area (Å²) in [6.07, 6.45) is 0.865. The van der Waals surface area contributed by atoms with Gasteiger partial charge < -0.3 is 15.5 Å². The monoisotopic (exact) mass is 196 g/mol. The molecular weight excluding hydrogens is 184 g/mol. The van der Waals surface area contributed by atoms with Crippen molar-refractivity contribution >= 4 is 18.3 Å². The van der Waals surface area contributed by atoms with Gasteiger partial charge in [0.05, 0.1) is 0 Å². The molecule has 0 unspecified atom stereocenters. The number of H-pyrrole nitrogens is 1. The second-order valence-corrected chi connectivity index (χ2v) is 3.15. The Morgan fingerprint density at radius 2 is 2.07 bits per heavy atom. The average molecular weight is 196 g/mol. The summed E-state index contributed by atoms with van der Waals surface area (Å²) >= 11 is 0. The van der Waals surface area contributed by atoms with Gasteiger partial charge in [-0.15, -0.1) is 5.10 Å². The molecule has 0 atom stereocenters. The standard InChI is InChI=1S/C7H12N6O/c8-6-9-7(11-10-6)13-3-1-12(5-14)2-4-13/h5H,1-4H2,(H3,8,9,10,11). The lowest BCUT2D eigenvalue weighted by molar-refractivity contribution is -0.118. The van der Waals surface area contributed by atoms with Gasteiger partial charge in [-0.3, -0.25) is 4.79 Å². The maximum atomic E-state index is 10.5. The molecule has 0 spiro atoms. The summed E-state index contributed by atoms with van der Waals surface area (Å²) in [5.41, 5.74) is 5.42. The lowest BCUT2D eigenvalue weighted by Gasteiger charge is -2.31. The summed E-state index contributed by atoms with van der Waals surface area (Å²) in [6.45, 7) is 2.90. The van der Waals surface area contributed by atoms with E-state index in [1.54, 1.807) is 4.90 Å². The predicted octanol–water partition coefficient (Wildman–Crippen LogP) is -1.33. The van der Waals surface area contributed by atoms with Crippen molar-refractivity contribution in [3.8, 4) is 0 Å². The van der Waals surface area contributed by atoms with Crippen LogP contribution < -0.4 is 10.6 Å². The number of aromatic nitrogens is 3. The Labute approximate surface area is 80.9 Å². The van der Waals surface area contributed by atoms with E-state index >= 15 is 0 Å².